The van der Waals surface area contributed by atoms with E-state index in [9.17, 15) is 0 Å². The number of para-hydroxylation sites is 5. The van der Waals surface area contributed by atoms with E-state index < -0.39 is 0 Å². The molecule has 8 heteroatoms. The number of nitrogens with zero attached hydrogens (tertiary/aromatic N) is 4. The summed E-state index contributed by atoms with van der Waals surface area (Å²) in [7, 11) is 0. The minimum Gasteiger partial charge on any atom is -0.456 e. The quantitative estimate of drug-likeness (QED) is 0.107. The van der Waals surface area contributed by atoms with Crippen LogP contribution in [0.1, 0.15) is 27.8 Å². The molecular weight excluding hydrogens is 1370 g/mol. The molecular formula is C104H70N4O4. The molecule has 18 aromatic carbocycles. The molecule has 0 saturated carbocycles. The van der Waals surface area contributed by atoms with Gasteiger partial charge in [0.05, 0.1) is 0 Å². The number of rotatable bonds is 14. The topological polar surface area (TPSA) is 65.5 Å². The van der Waals surface area contributed by atoms with Crippen LogP contribution in [0.4, 0.5) is 68.2 Å². The highest BCUT2D eigenvalue weighted by Crippen LogP contribution is 2.48. The van der Waals surface area contributed by atoms with Gasteiger partial charge in [-0.05, 0) is 292 Å². The van der Waals surface area contributed by atoms with Crippen LogP contribution in [0.5, 0.6) is 0 Å². The van der Waals surface area contributed by atoms with Gasteiger partial charge in [-0.3, -0.25) is 0 Å². The van der Waals surface area contributed by atoms with E-state index in [2.05, 4.69) is 398 Å². The third kappa shape index (κ3) is 11.0. The van der Waals surface area contributed by atoms with Gasteiger partial charge in [-0.15, -0.1) is 0 Å². The van der Waals surface area contributed by atoms with Crippen molar-refractivity contribution in [1.82, 2.24) is 0 Å². The number of hydrogen-bond donors (Lipinski definition) is 0. The third-order valence-electron chi connectivity index (χ3n) is 22.7. The zero-order valence-electron chi connectivity index (χ0n) is 61.7. The molecule has 0 atom stereocenters. The molecule has 0 spiro atoms. The van der Waals surface area contributed by atoms with Crippen molar-refractivity contribution in [3.05, 3.63) is 386 Å². The molecule has 0 radical (unpaired) electrons. The second-order valence-electron chi connectivity index (χ2n) is 29.9. The van der Waals surface area contributed by atoms with Crippen LogP contribution in [0.2, 0.25) is 0 Å². The Labute approximate surface area is 645 Å². The van der Waals surface area contributed by atoms with Crippen molar-refractivity contribution in [3.63, 3.8) is 0 Å². The van der Waals surface area contributed by atoms with Crippen LogP contribution in [0.25, 0.3) is 131 Å². The summed E-state index contributed by atoms with van der Waals surface area (Å²) in [6, 6.07) is 129. The van der Waals surface area contributed by atoms with Crippen LogP contribution in [-0.4, -0.2) is 0 Å². The Morgan fingerprint density at radius 3 is 0.830 bits per heavy atom. The van der Waals surface area contributed by atoms with Crippen LogP contribution < -0.4 is 19.6 Å². The monoisotopic (exact) mass is 1440 g/mol. The maximum atomic E-state index is 6.81. The summed E-state index contributed by atoms with van der Waals surface area (Å²) in [5, 5.41) is 17.4. The van der Waals surface area contributed by atoms with E-state index in [4.69, 9.17) is 17.7 Å². The third-order valence-corrected chi connectivity index (χ3v) is 22.7. The van der Waals surface area contributed by atoms with Crippen molar-refractivity contribution in [1.29, 1.82) is 0 Å². The molecule has 0 aliphatic heterocycles. The summed E-state index contributed by atoms with van der Waals surface area (Å²) in [5.41, 5.74) is 25.5. The van der Waals surface area contributed by atoms with Gasteiger partial charge in [0.1, 0.15) is 44.7 Å². The van der Waals surface area contributed by atoms with Gasteiger partial charge in [0.15, 0.2) is 0 Å². The van der Waals surface area contributed by atoms with E-state index in [1.165, 1.54) is 27.8 Å². The number of aryl methyl sites for hydroxylation is 3. The van der Waals surface area contributed by atoms with Crippen LogP contribution in [-0.2, 0) is 6.42 Å². The van der Waals surface area contributed by atoms with Gasteiger partial charge in [0.25, 0.3) is 0 Å². The van der Waals surface area contributed by atoms with Crippen molar-refractivity contribution < 1.29 is 17.7 Å². The zero-order valence-corrected chi connectivity index (χ0v) is 61.7. The predicted octanol–water partition coefficient (Wildman–Crippen LogP) is 30.3. The fourth-order valence-corrected chi connectivity index (χ4v) is 17.3. The summed E-state index contributed by atoms with van der Waals surface area (Å²) in [4.78, 5) is 9.40. The molecule has 530 valence electrons. The molecule has 112 heavy (non-hydrogen) atoms. The van der Waals surface area contributed by atoms with Crippen LogP contribution >= 0.6 is 0 Å². The lowest BCUT2D eigenvalue weighted by Gasteiger charge is -2.28. The smallest absolute Gasteiger partial charge is 0.139 e. The molecule has 22 rings (SSSR count). The molecule has 8 nitrogen and oxygen atoms in total. The van der Waals surface area contributed by atoms with E-state index in [-0.39, 0.29) is 0 Å². The Balaban J connectivity index is 0.557. The highest BCUT2D eigenvalue weighted by Gasteiger charge is 2.24. The highest BCUT2D eigenvalue weighted by atomic mass is 16.4. The Kier molecular flexibility index (Phi) is 14.9. The first-order valence-electron chi connectivity index (χ1n) is 38.3. The SMILES string of the molecule is Cc1cccc(N(c2ccccc2)c2ccc3cc4c(cc3c2)oc2cc3oc5cc6cc(N(c7ccccc7)c7cccc(Cc8cccc(N(c9ccc%10cc%11c(cc%10c9)oc9cc%10oc%12cc%13cc(N(c%14ccccc%14)c%14ccccc%14C)ccc%13cc%12c%10cc9%11)c9ccccc9C)c8)c7)ccc6cc5c3cc24)c1. The molecule has 0 fully saturated rings. The normalized spacial score (nSPS) is 11.9. The lowest BCUT2D eigenvalue weighted by atomic mass is 10.0. The Hall–Kier alpha value is -14.6. The molecule has 4 aromatic heterocycles. The van der Waals surface area contributed by atoms with E-state index in [0.29, 0.717) is 0 Å². The van der Waals surface area contributed by atoms with Gasteiger partial charge in [0, 0.05) is 123 Å². The fourth-order valence-electron chi connectivity index (χ4n) is 17.3. The average Bonchev–Trinajstić information content (AvgIpc) is 1.51. The Morgan fingerprint density at radius 1 is 0.188 bits per heavy atom. The first kappa shape index (κ1) is 64.6. The van der Waals surface area contributed by atoms with Gasteiger partial charge in [-0.1, -0.05) is 152 Å². The van der Waals surface area contributed by atoms with Crippen LogP contribution in [0.3, 0.4) is 0 Å². The first-order chi connectivity index (χ1) is 55.1. The summed E-state index contributed by atoms with van der Waals surface area (Å²) in [6.07, 6.45) is 0.719. The van der Waals surface area contributed by atoms with Gasteiger partial charge < -0.3 is 37.3 Å². The molecule has 4 heterocycles. The molecule has 0 saturated heterocycles. The fraction of sp³-hybridized carbons (Fsp3) is 0.0385. The minimum absolute atomic E-state index is 0.719. The molecule has 0 aliphatic carbocycles. The van der Waals surface area contributed by atoms with Crippen LogP contribution in [0.15, 0.2) is 376 Å². The summed E-state index contributed by atoms with van der Waals surface area (Å²) in [5.74, 6) is 0. The van der Waals surface area contributed by atoms with E-state index >= 15 is 0 Å². The number of benzene rings is 18. The van der Waals surface area contributed by atoms with Gasteiger partial charge >= 0.3 is 0 Å². The van der Waals surface area contributed by atoms with Crippen molar-refractivity contribution >= 4 is 199 Å². The van der Waals surface area contributed by atoms with Gasteiger partial charge in [-0.2, -0.15) is 0 Å². The largest absolute Gasteiger partial charge is 0.456 e. The summed E-state index contributed by atoms with van der Waals surface area (Å²) >= 11 is 0. The molecule has 0 amide bonds. The second-order valence-corrected chi connectivity index (χ2v) is 29.9. The maximum Gasteiger partial charge on any atom is 0.139 e. The number of anilines is 12. The summed E-state index contributed by atoms with van der Waals surface area (Å²) < 4.78 is 27.1. The lowest BCUT2D eigenvalue weighted by Crippen LogP contribution is -2.12. The minimum atomic E-state index is 0.719. The molecule has 0 aliphatic rings. The molecule has 0 bridgehead atoms. The van der Waals surface area contributed by atoms with Gasteiger partial charge in [0.2, 0.25) is 0 Å². The Bertz CT molecular complexity index is 7560. The molecule has 22 aromatic rings. The van der Waals surface area contributed by atoms with Gasteiger partial charge in [-0.25, -0.2) is 0 Å². The number of furan rings is 4. The first-order valence-corrected chi connectivity index (χ1v) is 38.3. The molecule has 0 N–H and O–H groups in total. The molecule has 0 unspecified atom stereocenters. The average molecular weight is 1440 g/mol. The van der Waals surface area contributed by atoms with E-state index in [1.54, 1.807) is 0 Å². The van der Waals surface area contributed by atoms with E-state index in [1.807, 2.05) is 0 Å². The number of fused-ring (bicyclic) bond motifs is 16. The highest BCUT2D eigenvalue weighted by molar-refractivity contribution is 6.21. The predicted molar refractivity (Wildman–Crippen MR) is 468 cm³/mol. The Morgan fingerprint density at radius 2 is 0.464 bits per heavy atom. The van der Waals surface area contributed by atoms with E-state index in [0.717, 1.165) is 206 Å². The number of hydrogen-bond acceptors (Lipinski definition) is 8. The standard InChI is InChI=1S/C104H70N4O4/c1-64-20-17-31-80(44-64)105(77-25-7-4-8-26-77)83-40-36-69-52-87-91-60-92-88-53-70-37-41-84(49-74(70)57-98(88)110-102(92)62-101(91)109-97(87)56-73(69)48-83)106(78-27-9-5-10-28-78)81-32-18-23-67(46-81)45-68-24-19-33-82(47-68)108(96-35-16-14-22-66(96)3)86-43-39-72-55-90-94-61-93-89-54-71-38-42-85(107(79-29-11-6-12-30-79)95-34-15-13-21-65(95)2)50-75(71)58-99(89)111-103(93)63-104(94)112-100(90)59-76(72)51-86/h4-44,46-63H,45H2,1-3H3. The second kappa shape index (κ2) is 25.8. The van der Waals surface area contributed by atoms with Crippen molar-refractivity contribution in [3.8, 4) is 0 Å². The maximum absolute atomic E-state index is 6.81. The van der Waals surface area contributed by atoms with Crippen molar-refractivity contribution in [2.45, 2.75) is 27.2 Å². The van der Waals surface area contributed by atoms with Crippen molar-refractivity contribution in [2.24, 2.45) is 0 Å². The summed E-state index contributed by atoms with van der Waals surface area (Å²) in [6.45, 7) is 6.50. The lowest BCUT2D eigenvalue weighted by molar-refractivity contribution is 0.656. The van der Waals surface area contributed by atoms with Crippen molar-refractivity contribution in [2.75, 3.05) is 19.6 Å². The zero-order chi connectivity index (χ0) is 74.2. The van der Waals surface area contributed by atoms with Crippen LogP contribution in [0, 0.1) is 20.8 Å².